The fourth-order valence-electron chi connectivity index (χ4n) is 9.11. The molecule has 0 saturated heterocycles. The zero-order chi connectivity index (χ0) is 37.3. The molecule has 2 nitrogen and oxygen atoms in total. The molecule has 9 rings (SSSR count). The molecule has 6 aromatic carbocycles. The minimum Gasteiger partial charge on any atom is -0.456 e. The zero-order valence-electron chi connectivity index (χ0n) is 31.9. The average Bonchev–Trinajstić information content (AvgIpc) is 3.26. The number of rotatable bonds is 5. The molecule has 2 aliphatic heterocycles. The van der Waals surface area contributed by atoms with Crippen LogP contribution in [0, 0.1) is 0 Å². The standard InChI is InChI=1S/C50H45NOSSi/c1-48(2)38-24-13-15-28-43(38)52-46-37(23-17-26-40(46)48)42-33-36(31-32-51-42)54(34-19-9-7-10-20-34,35-21-11-8-12-22-35)45-30-18-27-41-47(45)53-44-29-16-14-25-39(44)49(3,4)50(41,5)6/h7-33H,1-6H3. The summed E-state index contributed by atoms with van der Waals surface area (Å²) in [4.78, 5) is 7.83. The van der Waals surface area contributed by atoms with Crippen LogP contribution in [0.4, 0.5) is 0 Å². The lowest BCUT2D eigenvalue weighted by molar-refractivity contribution is 0.296. The van der Waals surface area contributed by atoms with Crippen LogP contribution in [-0.4, -0.2) is 13.1 Å². The summed E-state index contributed by atoms with van der Waals surface area (Å²) < 4.78 is 6.81. The molecule has 0 aliphatic carbocycles. The van der Waals surface area contributed by atoms with E-state index in [1.165, 1.54) is 52.8 Å². The third kappa shape index (κ3) is 5.03. The van der Waals surface area contributed by atoms with Crippen LogP contribution in [0.25, 0.3) is 11.3 Å². The van der Waals surface area contributed by atoms with Gasteiger partial charge in [-0.1, -0.05) is 181 Å². The molecule has 2 aliphatic rings. The van der Waals surface area contributed by atoms with Crippen LogP contribution in [0.1, 0.15) is 63.8 Å². The van der Waals surface area contributed by atoms with Gasteiger partial charge in [0.05, 0.1) is 5.69 Å². The first-order chi connectivity index (χ1) is 26.1. The monoisotopic (exact) mass is 735 g/mol. The summed E-state index contributed by atoms with van der Waals surface area (Å²) in [5.74, 6) is 1.80. The normalized spacial score (nSPS) is 16.1. The Balaban J connectivity index is 1.35. The van der Waals surface area contributed by atoms with E-state index < -0.39 is 8.07 Å². The van der Waals surface area contributed by atoms with Gasteiger partial charge >= 0.3 is 0 Å². The lowest BCUT2D eigenvalue weighted by Gasteiger charge is -2.43. The molecule has 0 N–H and O–H groups in total. The van der Waals surface area contributed by atoms with Crippen LogP contribution in [0.5, 0.6) is 11.5 Å². The van der Waals surface area contributed by atoms with Gasteiger partial charge in [-0.2, -0.15) is 0 Å². The molecule has 54 heavy (non-hydrogen) atoms. The fraction of sp³-hybridized carbons (Fsp3) is 0.180. The van der Waals surface area contributed by atoms with Crippen LogP contribution in [-0.2, 0) is 16.2 Å². The number of fused-ring (bicyclic) bond motifs is 4. The molecule has 0 saturated carbocycles. The number of pyridine rings is 1. The highest BCUT2D eigenvalue weighted by atomic mass is 32.2. The SMILES string of the molecule is CC1(C)c2ccccc2Oc2c(-c3cc([Si](c4ccccc4)(c4ccccc4)c4cccc5c4Sc4ccccc4C(C)(C)C5(C)C)ccn3)cccc21. The zero-order valence-corrected chi connectivity index (χ0v) is 33.7. The first-order valence-corrected chi connectivity index (χ1v) is 21.8. The van der Waals surface area contributed by atoms with E-state index in [9.17, 15) is 0 Å². The summed E-state index contributed by atoms with van der Waals surface area (Å²) in [6.07, 6.45) is 2.02. The van der Waals surface area contributed by atoms with E-state index in [1.807, 2.05) is 18.0 Å². The Hall–Kier alpha value is -5.16. The molecule has 266 valence electrons. The number of benzene rings is 6. The van der Waals surface area contributed by atoms with Crippen molar-refractivity contribution in [1.29, 1.82) is 0 Å². The van der Waals surface area contributed by atoms with Crippen LogP contribution >= 0.6 is 11.8 Å². The number of ether oxygens (including phenoxy) is 1. The third-order valence-electron chi connectivity index (χ3n) is 12.8. The summed E-state index contributed by atoms with van der Waals surface area (Å²) in [6, 6.07) is 58.4. The number of aromatic nitrogens is 1. The molecule has 0 unspecified atom stereocenters. The van der Waals surface area contributed by atoms with E-state index in [-0.39, 0.29) is 16.2 Å². The second-order valence-electron chi connectivity index (χ2n) is 16.3. The number of nitrogens with zero attached hydrogens (tertiary/aromatic N) is 1. The summed E-state index contributed by atoms with van der Waals surface area (Å²) in [7, 11) is -3.02. The third-order valence-corrected chi connectivity index (χ3v) is 19.0. The minimum absolute atomic E-state index is 0.104. The van der Waals surface area contributed by atoms with Gasteiger partial charge < -0.3 is 4.74 Å². The molecule has 7 aromatic rings. The maximum absolute atomic E-state index is 6.81. The average molecular weight is 736 g/mol. The Morgan fingerprint density at radius 2 is 1.09 bits per heavy atom. The maximum atomic E-state index is 6.81. The quantitative estimate of drug-likeness (QED) is 0.130. The Morgan fingerprint density at radius 1 is 0.519 bits per heavy atom. The highest BCUT2D eigenvalue weighted by Crippen LogP contribution is 2.54. The Morgan fingerprint density at radius 3 is 1.81 bits per heavy atom. The van der Waals surface area contributed by atoms with Gasteiger partial charge in [0.2, 0.25) is 0 Å². The fourth-order valence-corrected chi connectivity index (χ4v) is 16.0. The summed E-state index contributed by atoms with van der Waals surface area (Å²) in [5, 5.41) is 5.39. The van der Waals surface area contributed by atoms with Gasteiger partial charge in [0, 0.05) is 38.1 Å². The molecule has 0 spiro atoms. The Kier molecular flexibility index (Phi) is 8.15. The van der Waals surface area contributed by atoms with Gasteiger partial charge in [-0.05, 0) is 73.0 Å². The molecular weight excluding hydrogens is 691 g/mol. The second kappa shape index (κ2) is 12.7. The van der Waals surface area contributed by atoms with E-state index in [1.54, 1.807) is 0 Å². The van der Waals surface area contributed by atoms with E-state index in [0.29, 0.717) is 0 Å². The molecular formula is C50H45NOSSi. The van der Waals surface area contributed by atoms with Crippen molar-refractivity contribution in [1.82, 2.24) is 4.98 Å². The van der Waals surface area contributed by atoms with Crippen molar-refractivity contribution in [3.05, 3.63) is 186 Å². The number of hydrogen-bond donors (Lipinski definition) is 0. The molecule has 0 radical (unpaired) electrons. The van der Waals surface area contributed by atoms with Gasteiger partial charge in [-0.3, -0.25) is 4.98 Å². The summed E-state index contributed by atoms with van der Waals surface area (Å²) in [5.41, 5.74) is 6.63. The van der Waals surface area contributed by atoms with Gasteiger partial charge in [0.1, 0.15) is 11.5 Å². The lowest BCUT2D eigenvalue weighted by Crippen LogP contribution is -2.75. The van der Waals surface area contributed by atoms with Gasteiger partial charge in [0.15, 0.2) is 8.07 Å². The van der Waals surface area contributed by atoms with E-state index >= 15 is 0 Å². The van der Waals surface area contributed by atoms with Crippen molar-refractivity contribution in [3.8, 4) is 22.8 Å². The van der Waals surface area contributed by atoms with E-state index in [2.05, 4.69) is 199 Å². The van der Waals surface area contributed by atoms with Gasteiger partial charge in [-0.15, -0.1) is 0 Å². The second-order valence-corrected chi connectivity index (χ2v) is 21.2. The predicted octanol–water partition coefficient (Wildman–Crippen LogP) is 10.3. The van der Waals surface area contributed by atoms with Crippen LogP contribution in [0.2, 0.25) is 0 Å². The van der Waals surface area contributed by atoms with Crippen molar-refractivity contribution in [2.24, 2.45) is 0 Å². The first kappa shape index (κ1) is 34.6. The number of hydrogen-bond acceptors (Lipinski definition) is 3. The van der Waals surface area contributed by atoms with Crippen molar-refractivity contribution in [2.45, 2.75) is 67.6 Å². The highest BCUT2D eigenvalue weighted by Gasteiger charge is 2.49. The van der Waals surface area contributed by atoms with Gasteiger partial charge in [-0.25, -0.2) is 0 Å². The largest absolute Gasteiger partial charge is 0.456 e. The Labute approximate surface area is 325 Å². The smallest absolute Gasteiger partial charge is 0.180 e. The van der Waals surface area contributed by atoms with Crippen molar-refractivity contribution >= 4 is 40.6 Å². The maximum Gasteiger partial charge on any atom is 0.180 e. The van der Waals surface area contributed by atoms with Crippen LogP contribution in [0.3, 0.4) is 0 Å². The predicted molar refractivity (Wildman–Crippen MR) is 229 cm³/mol. The number of para-hydroxylation sites is 2. The Bertz CT molecular complexity index is 2500. The van der Waals surface area contributed by atoms with Crippen molar-refractivity contribution in [2.75, 3.05) is 0 Å². The first-order valence-electron chi connectivity index (χ1n) is 19.0. The van der Waals surface area contributed by atoms with Crippen LogP contribution < -0.4 is 25.5 Å². The topological polar surface area (TPSA) is 22.1 Å². The molecule has 4 heteroatoms. The lowest BCUT2D eigenvalue weighted by atomic mass is 9.61. The summed E-state index contributed by atoms with van der Waals surface area (Å²) >= 11 is 1.96. The van der Waals surface area contributed by atoms with Gasteiger partial charge in [0.25, 0.3) is 0 Å². The summed E-state index contributed by atoms with van der Waals surface area (Å²) in [6.45, 7) is 14.3. The molecule has 0 amide bonds. The van der Waals surface area contributed by atoms with E-state index in [4.69, 9.17) is 9.72 Å². The van der Waals surface area contributed by atoms with E-state index in [0.717, 1.165) is 22.8 Å². The highest BCUT2D eigenvalue weighted by molar-refractivity contribution is 7.99. The molecule has 0 fully saturated rings. The molecule has 3 heterocycles. The van der Waals surface area contributed by atoms with Crippen molar-refractivity contribution < 1.29 is 4.74 Å². The minimum atomic E-state index is -3.02. The molecule has 0 bridgehead atoms. The van der Waals surface area contributed by atoms with Crippen LogP contribution in [0.15, 0.2) is 174 Å². The van der Waals surface area contributed by atoms with Crippen molar-refractivity contribution in [3.63, 3.8) is 0 Å². The molecule has 0 atom stereocenters. The molecule has 1 aromatic heterocycles.